The number of nitro groups is 1. The van der Waals surface area contributed by atoms with Crippen LogP contribution in [0.2, 0.25) is 5.02 Å². The van der Waals surface area contributed by atoms with Gasteiger partial charge < -0.3 is 0 Å². The molecule has 1 fully saturated rings. The van der Waals surface area contributed by atoms with Gasteiger partial charge >= 0.3 is 0 Å². The Morgan fingerprint density at radius 2 is 1.79 bits per heavy atom. The molecule has 3 aromatic rings. The van der Waals surface area contributed by atoms with E-state index in [9.17, 15) is 14.9 Å². The van der Waals surface area contributed by atoms with E-state index in [-0.39, 0.29) is 11.2 Å². The Bertz CT molecular complexity index is 1090. The number of likely N-dealkylation sites (tertiary alicyclic amines) is 1. The summed E-state index contributed by atoms with van der Waals surface area (Å²) in [5.41, 5.74) is 0.899. The van der Waals surface area contributed by atoms with Crippen molar-refractivity contribution in [3.63, 3.8) is 0 Å². The van der Waals surface area contributed by atoms with Gasteiger partial charge in [-0.15, -0.1) is 0 Å². The summed E-state index contributed by atoms with van der Waals surface area (Å²) in [6, 6.07) is 11.0. The van der Waals surface area contributed by atoms with Crippen LogP contribution in [0.25, 0.3) is 16.6 Å². The number of piperidine rings is 1. The second-order valence-corrected chi connectivity index (χ2v) is 7.38. The maximum atomic E-state index is 13.3. The molecule has 28 heavy (non-hydrogen) atoms. The molecule has 4 rings (SSSR count). The molecule has 0 bridgehead atoms. The molecule has 0 spiro atoms. The van der Waals surface area contributed by atoms with Gasteiger partial charge in [0.05, 0.1) is 28.1 Å². The van der Waals surface area contributed by atoms with Crippen LogP contribution in [0.3, 0.4) is 0 Å². The van der Waals surface area contributed by atoms with Crippen LogP contribution in [0.4, 0.5) is 5.69 Å². The van der Waals surface area contributed by atoms with Crippen LogP contribution in [0.1, 0.15) is 25.1 Å². The van der Waals surface area contributed by atoms with Gasteiger partial charge in [-0.1, -0.05) is 18.0 Å². The highest BCUT2D eigenvalue weighted by Crippen LogP contribution is 2.21. The number of nitro benzene ring substituents is 1. The number of aromatic nitrogens is 2. The first kappa shape index (κ1) is 18.6. The van der Waals surface area contributed by atoms with Crippen molar-refractivity contribution in [2.75, 3.05) is 13.1 Å². The van der Waals surface area contributed by atoms with Crippen LogP contribution in [-0.2, 0) is 6.54 Å². The summed E-state index contributed by atoms with van der Waals surface area (Å²) in [6.07, 6.45) is 3.48. The van der Waals surface area contributed by atoms with Gasteiger partial charge in [0.25, 0.3) is 11.2 Å². The minimum atomic E-state index is -0.459. The molecule has 0 unspecified atom stereocenters. The van der Waals surface area contributed by atoms with E-state index >= 15 is 0 Å². The highest BCUT2D eigenvalue weighted by molar-refractivity contribution is 6.31. The van der Waals surface area contributed by atoms with Gasteiger partial charge in [0, 0.05) is 17.2 Å². The average molecular weight is 399 g/mol. The minimum Gasteiger partial charge on any atom is -0.296 e. The van der Waals surface area contributed by atoms with Crippen molar-refractivity contribution in [2.45, 2.75) is 25.8 Å². The van der Waals surface area contributed by atoms with Gasteiger partial charge in [0.1, 0.15) is 5.82 Å². The van der Waals surface area contributed by atoms with E-state index < -0.39 is 4.92 Å². The van der Waals surface area contributed by atoms with Gasteiger partial charge in [-0.05, 0) is 56.3 Å². The summed E-state index contributed by atoms with van der Waals surface area (Å²) in [4.78, 5) is 30.8. The van der Waals surface area contributed by atoms with Gasteiger partial charge in [-0.2, -0.15) is 0 Å². The third-order valence-electron chi connectivity index (χ3n) is 5.03. The van der Waals surface area contributed by atoms with Crippen molar-refractivity contribution in [3.05, 3.63) is 73.8 Å². The average Bonchev–Trinajstić information content (AvgIpc) is 2.70. The lowest BCUT2D eigenvalue weighted by molar-refractivity contribution is -0.384. The lowest BCUT2D eigenvalue weighted by Crippen LogP contribution is -2.33. The highest BCUT2D eigenvalue weighted by atomic mass is 35.5. The van der Waals surface area contributed by atoms with Crippen LogP contribution in [0.15, 0.2) is 47.3 Å². The van der Waals surface area contributed by atoms with E-state index in [1.54, 1.807) is 30.3 Å². The minimum absolute atomic E-state index is 0.0221. The van der Waals surface area contributed by atoms with E-state index in [0.29, 0.717) is 34.0 Å². The zero-order valence-corrected chi connectivity index (χ0v) is 15.9. The zero-order chi connectivity index (χ0) is 19.7. The zero-order valence-electron chi connectivity index (χ0n) is 15.2. The Hall–Kier alpha value is -2.77. The Morgan fingerprint density at radius 3 is 2.46 bits per heavy atom. The molecule has 0 saturated carbocycles. The molecule has 0 radical (unpaired) electrons. The van der Waals surface area contributed by atoms with Crippen LogP contribution in [-0.4, -0.2) is 32.5 Å². The SMILES string of the molecule is O=c1c2cc(Cl)ccc2nc(CN2CCCCC2)n1-c1ccc([N+](=O)[O-])cc1. The summed E-state index contributed by atoms with van der Waals surface area (Å²) in [5.74, 6) is 0.621. The fourth-order valence-corrected chi connectivity index (χ4v) is 3.79. The number of benzene rings is 2. The van der Waals surface area contributed by atoms with Gasteiger partial charge in [-0.3, -0.25) is 24.4 Å². The molecule has 1 aliphatic heterocycles. The molecule has 2 aromatic carbocycles. The third kappa shape index (κ3) is 3.63. The van der Waals surface area contributed by atoms with E-state index in [4.69, 9.17) is 16.6 Å². The molecule has 1 aliphatic rings. The lowest BCUT2D eigenvalue weighted by atomic mass is 10.1. The van der Waals surface area contributed by atoms with Crippen LogP contribution < -0.4 is 5.56 Å². The van der Waals surface area contributed by atoms with Crippen LogP contribution in [0.5, 0.6) is 0 Å². The standard InChI is InChI=1S/C20H19ClN4O3/c21-14-4-9-18-17(12-14)20(26)24(15-5-7-16(8-6-15)25(27)28)19(22-18)13-23-10-2-1-3-11-23/h4-9,12H,1-3,10-11,13H2. The summed E-state index contributed by atoms with van der Waals surface area (Å²) in [6.45, 7) is 2.48. The number of rotatable bonds is 4. The molecule has 2 heterocycles. The van der Waals surface area contributed by atoms with Crippen molar-refractivity contribution in [3.8, 4) is 5.69 Å². The Kier molecular flexibility index (Phi) is 5.11. The van der Waals surface area contributed by atoms with Gasteiger partial charge in [0.15, 0.2) is 0 Å². The molecule has 7 nitrogen and oxygen atoms in total. The predicted molar refractivity (Wildman–Crippen MR) is 108 cm³/mol. The maximum absolute atomic E-state index is 13.3. The molecule has 1 aromatic heterocycles. The number of non-ortho nitro benzene ring substituents is 1. The van der Waals surface area contributed by atoms with Crippen molar-refractivity contribution in [2.24, 2.45) is 0 Å². The fraction of sp³-hybridized carbons (Fsp3) is 0.300. The molecular formula is C20H19ClN4O3. The van der Waals surface area contributed by atoms with E-state index in [1.165, 1.54) is 23.1 Å². The first-order chi connectivity index (χ1) is 13.5. The highest BCUT2D eigenvalue weighted by Gasteiger charge is 2.18. The number of halogens is 1. The lowest BCUT2D eigenvalue weighted by Gasteiger charge is -2.27. The molecule has 0 aliphatic carbocycles. The summed E-state index contributed by atoms with van der Waals surface area (Å²) in [5, 5.41) is 11.8. The number of nitrogens with zero attached hydrogens (tertiary/aromatic N) is 4. The monoisotopic (exact) mass is 398 g/mol. The van der Waals surface area contributed by atoms with Crippen molar-refractivity contribution >= 4 is 28.2 Å². The molecule has 1 saturated heterocycles. The van der Waals surface area contributed by atoms with Gasteiger partial charge in [0.2, 0.25) is 0 Å². The first-order valence-corrected chi connectivity index (χ1v) is 9.59. The predicted octanol–water partition coefficient (Wildman–Crippen LogP) is 3.93. The second-order valence-electron chi connectivity index (χ2n) is 6.94. The van der Waals surface area contributed by atoms with E-state index in [1.807, 2.05) is 0 Å². The number of fused-ring (bicyclic) bond motifs is 1. The quantitative estimate of drug-likeness (QED) is 0.491. The van der Waals surface area contributed by atoms with Crippen LogP contribution >= 0.6 is 11.6 Å². The normalized spacial score (nSPS) is 15.0. The smallest absolute Gasteiger partial charge is 0.269 e. The topological polar surface area (TPSA) is 81.3 Å². The fourth-order valence-electron chi connectivity index (χ4n) is 3.62. The van der Waals surface area contributed by atoms with Crippen LogP contribution in [0, 0.1) is 10.1 Å². The molecular weight excluding hydrogens is 380 g/mol. The van der Waals surface area contributed by atoms with Crippen molar-refractivity contribution in [1.82, 2.24) is 14.5 Å². The van der Waals surface area contributed by atoms with Crippen molar-refractivity contribution < 1.29 is 4.92 Å². The maximum Gasteiger partial charge on any atom is 0.269 e. The summed E-state index contributed by atoms with van der Waals surface area (Å²) >= 11 is 6.08. The number of hydrogen-bond acceptors (Lipinski definition) is 5. The molecule has 0 amide bonds. The summed E-state index contributed by atoms with van der Waals surface area (Å²) in [7, 11) is 0. The first-order valence-electron chi connectivity index (χ1n) is 9.21. The Balaban J connectivity index is 1.87. The molecule has 0 N–H and O–H groups in total. The van der Waals surface area contributed by atoms with E-state index in [0.717, 1.165) is 25.9 Å². The second kappa shape index (κ2) is 7.69. The molecule has 144 valence electrons. The largest absolute Gasteiger partial charge is 0.296 e. The van der Waals surface area contributed by atoms with Crippen molar-refractivity contribution in [1.29, 1.82) is 0 Å². The summed E-state index contributed by atoms with van der Waals surface area (Å²) < 4.78 is 1.54. The molecule has 0 atom stereocenters. The van der Waals surface area contributed by atoms with E-state index in [2.05, 4.69) is 4.90 Å². The Labute approximate surface area is 166 Å². The third-order valence-corrected chi connectivity index (χ3v) is 5.27. The Morgan fingerprint density at radius 1 is 1.07 bits per heavy atom. The molecule has 8 heteroatoms. The number of hydrogen-bond donors (Lipinski definition) is 0. The van der Waals surface area contributed by atoms with Gasteiger partial charge in [-0.25, -0.2) is 4.98 Å².